The average Bonchev–Trinajstić information content (AvgIpc) is 0.756. The maximum absolute atomic E-state index is 13.6. The smallest absolute Gasteiger partial charge is 0.364 e. The van der Waals surface area contributed by atoms with Gasteiger partial charge in [-0.2, -0.15) is 0 Å². The Morgan fingerprint density at radius 2 is 0.941 bits per heavy atom. The van der Waals surface area contributed by atoms with Crippen LogP contribution in [-0.2, 0) is 42.8 Å². The third-order valence-electron chi connectivity index (χ3n) is 20.7. The van der Waals surface area contributed by atoms with Gasteiger partial charge in [-0.3, -0.25) is 9.59 Å². The molecule has 3 saturated heterocycles. The zero-order valence-electron chi connectivity index (χ0n) is 63.2. The van der Waals surface area contributed by atoms with E-state index >= 15 is 0 Å². The second-order valence-electron chi connectivity index (χ2n) is 29.6. The fourth-order valence-electron chi connectivity index (χ4n) is 14.2. The monoisotopic (exact) mass is 1460 g/mol. The van der Waals surface area contributed by atoms with Crippen LogP contribution in [0.5, 0.6) is 0 Å². The van der Waals surface area contributed by atoms with Gasteiger partial charge in [-0.05, 0) is 44.9 Å². The Hall–Kier alpha value is -2.79. The number of aliphatic hydroxyl groups excluding tert-OH is 11. The summed E-state index contributed by atoms with van der Waals surface area (Å²) in [4.78, 5) is 38.7. The summed E-state index contributed by atoms with van der Waals surface area (Å²) in [6, 6.07) is -2.53. The van der Waals surface area contributed by atoms with E-state index in [2.05, 4.69) is 48.8 Å². The molecule has 0 saturated carbocycles. The molecular weight excluding hydrogens is 1310 g/mol. The van der Waals surface area contributed by atoms with Crippen molar-refractivity contribution in [1.29, 1.82) is 0 Å². The number of nitrogens with one attached hydrogen (secondary N) is 2. The van der Waals surface area contributed by atoms with Gasteiger partial charge in [0.15, 0.2) is 12.6 Å². The molecule has 0 aliphatic carbocycles. The predicted octanol–water partition coefficient (Wildman–Crippen LogP) is 10.7. The van der Waals surface area contributed by atoms with Crippen molar-refractivity contribution in [3.05, 3.63) is 24.3 Å². The molecule has 0 aromatic carbocycles. The first-order chi connectivity index (χ1) is 49.4. The number of rotatable bonds is 64. The van der Waals surface area contributed by atoms with E-state index in [1.165, 1.54) is 212 Å². The number of hydrogen-bond donors (Lipinski definition) is 14. The van der Waals surface area contributed by atoms with Gasteiger partial charge in [0.05, 0.1) is 50.7 Å². The van der Waals surface area contributed by atoms with Crippen molar-refractivity contribution >= 4 is 17.8 Å². The van der Waals surface area contributed by atoms with Crippen molar-refractivity contribution < 1.29 is 104 Å². The van der Waals surface area contributed by atoms with Crippen LogP contribution in [0.3, 0.4) is 0 Å². The molecule has 3 heterocycles. The first kappa shape index (κ1) is 93.4. The lowest BCUT2D eigenvalue weighted by molar-refractivity contribution is -0.386. The Balaban J connectivity index is 1.48. The molecule has 3 fully saturated rings. The van der Waals surface area contributed by atoms with E-state index in [0.717, 1.165) is 64.7 Å². The van der Waals surface area contributed by atoms with Crippen molar-refractivity contribution in [2.45, 2.75) is 432 Å². The van der Waals surface area contributed by atoms with Gasteiger partial charge in [-0.15, -0.1) is 0 Å². The van der Waals surface area contributed by atoms with E-state index in [-0.39, 0.29) is 18.9 Å². The number of aliphatic hydroxyl groups is 11. The summed E-state index contributed by atoms with van der Waals surface area (Å²) < 4.78 is 35.0. The molecule has 3 aliphatic heterocycles. The zero-order chi connectivity index (χ0) is 74.6. The lowest BCUT2D eigenvalue weighted by atomic mass is 9.88. The minimum Gasteiger partial charge on any atom is -0.477 e. The van der Waals surface area contributed by atoms with E-state index in [1.54, 1.807) is 0 Å². The molecule has 23 heteroatoms. The lowest BCUT2D eigenvalue weighted by Gasteiger charge is -2.50. The van der Waals surface area contributed by atoms with E-state index in [0.29, 0.717) is 19.3 Å². The highest BCUT2D eigenvalue weighted by Crippen LogP contribution is 2.39. The van der Waals surface area contributed by atoms with Crippen LogP contribution in [0.25, 0.3) is 0 Å². The van der Waals surface area contributed by atoms with Crippen molar-refractivity contribution in [2.75, 3.05) is 26.4 Å². The van der Waals surface area contributed by atoms with Crippen molar-refractivity contribution in [1.82, 2.24) is 10.6 Å². The maximum Gasteiger partial charge on any atom is 0.364 e. The number of amides is 2. The van der Waals surface area contributed by atoms with Gasteiger partial charge in [-0.1, -0.05) is 282 Å². The molecule has 3 aliphatic rings. The number of hydrogen-bond acceptors (Lipinski definition) is 20. The third kappa shape index (κ3) is 38.3. The van der Waals surface area contributed by atoms with Gasteiger partial charge < -0.3 is 100 Å². The second-order valence-corrected chi connectivity index (χ2v) is 29.6. The number of carboxylic acids is 1. The Kier molecular flexibility index (Phi) is 53.4. The SMILES string of the molecule is CCCCCCCCCCC/C=C\C/C=C\CCCCCCCCCCCCCCCCCC(=O)NC(COC1OC(CO)C(OC2OC(CO)C(O)C(OC3(C(=O)O)CC(O)C(NC(C)=O)C(C(O)C(O)CO)O3)C2O)C(O)C1O)C(O)CCCCCCCCCCCCCCCCCCC. The molecule has 3 rings (SSSR count). The molecule has 14 N–H and O–H groups in total. The fraction of sp³-hybridized carbons (Fsp3) is 0.911. The molecule has 0 radical (unpaired) electrons. The molecular formula is C79H146N2O21. The van der Waals surface area contributed by atoms with E-state index in [4.69, 9.17) is 28.4 Å². The topological polar surface area (TPSA) is 373 Å². The molecule has 0 bridgehead atoms. The molecule has 0 aromatic heterocycles. The number of unbranched alkanes of at least 4 members (excludes halogenated alkanes) is 40. The molecule has 598 valence electrons. The van der Waals surface area contributed by atoms with Gasteiger partial charge in [0.2, 0.25) is 11.8 Å². The highest BCUT2D eigenvalue weighted by atomic mass is 16.8. The Morgan fingerprint density at radius 3 is 1.37 bits per heavy atom. The van der Waals surface area contributed by atoms with Gasteiger partial charge >= 0.3 is 5.97 Å². The number of carbonyl (C=O) groups is 3. The van der Waals surface area contributed by atoms with E-state index in [1.807, 2.05) is 0 Å². The molecule has 0 spiro atoms. The quantitative estimate of drug-likeness (QED) is 0.0199. The molecule has 23 nitrogen and oxygen atoms in total. The van der Waals surface area contributed by atoms with Gasteiger partial charge in [0, 0.05) is 19.8 Å². The number of ether oxygens (including phenoxy) is 6. The van der Waals surface area contributed by atoms with Gasteiger partial charge in [0.1, 0.15) is 67.1 Å². The van der Waals surface area contributed by atoms with Crippen molar-refractivity contribution in [2.24, 2.45) is 0 Å². The van der Waals surface area contributed by atoms with Gasteiger partial charge in [-0.25, -0.2) is 4.79 Å². The summed E-state index contributed by atoms with van der Waals surface area (Å²) in [7, 11) is 0. The molecule has 18 atom stereocenters. The lowest BCUT2D eigenvalue weighted by Crippen LogP contribution is -2.70. The van der Waals surface area contributed by atoms with Gasteiger partial charge in [0.25, 0.3) is 5.79 Å². The Labute approximate surface area is 613 Å². The Morgan fingerprint density at radius 1 is 0.510 bits per heavy atom. The summed E-state index contributed by atoms with van der Waals surface area (Å²) in [5.74, 6) is -6.10. The molecule has 18 unspecified atom stereocenters. The van der Waals surface area contributed by atoms with Crippen LogP contribution in [0.15, 0.2) is 24.3 Å². The minimum absolute atomic E-state index is 0.225. The number of carboxylic acid groups (broad SMARTS) is 1. The van der Waals surface area contributed by atoms with Crippen molar-refractivity contribution in [3.8, 4) is 0 Å². The second kappa shape index (κ2) is 58.3. The Bertz CT molecular complexity index is 2130. The van der Waals surface area contributed by atoms with Crippen molar-refractivity contribution in [3.63, 3.8) is 0 Å². The summed E-state index contributed by atoms with van der Waals surface area (Å²) in [5, 5.41) is 137. The van der Waals surface area contributed by atoms with Crippen LogP contribution in [0, 0.1) is 0 Å². The maximum atomic E-state index is 13.6. The standard InChI is InChI=1S/C79H146N2O21/c1-4-6-8-10-12-14-16-18-20-22-23-24-25-26-27-28-29-30-31-32-33-34-35-37-39-41-43-45-47-49-51-53-66(89)81-60(61(86)52-50-48-46-44-42-40-38-36-21-19-17-15-13-11-9-7-5-2)58-97-76-71(93)70(92)73(65(57-84)99-76)100-77-72(94)75(69(91)64(56-83)98-77)102-79(78(95)96)54-62(87)67(80-59(3)85)74(101-79)68(90)63(88)55-82/h23-24,26-27,60-65,67-77,82-84,86-88,90-94H,4-22,25,28-58H2,1-3H3,(H,80,85)(H,81,89)(H,95,96)/b24-23-,27-26-. The average molecular weight is 1460 g/mol. The van der Waals surface area contributed by atoms with Crippen LogP contribution in [-0.4, -0.2) is 215 Å². The highest BCUT2D eigenvalue weighted by molar-refractivity contribution is 5.77. The van der Waals surface area contributed by atoms with Crippen LogP contribution >= 0.6 is 0 Å². The molecule has 0 aromatic rings. The predicted molar refractivity (Wildman–Crippen MR) is 394 cm³/mol. The van der Waals surface area contributed by atoms with Crippen LogP contribution in [0.1, 0.15) is 323 Å². The van der Waals surface area contributed by atoms with Crippen LogP contribution in [0.4, 0.5) is 0 Å². The van der Waals surface area contributed by atoms with E-state index in [9.17, 15) is 75.7 Å². The third-order valence-corrected chi connectivity index (χ3v) is 20.7. The zero-order valence-corrected chi connectivity index (χ0v) is 63.2. The first-order valence-corrected chi connectivity index (χ1v) is 40.7. The summed E-state index contributed by atoms with van der Waals surface area (Å²) in [5.41, 5.74) is 0. The van der Waals surface area contributed by atoms with Crippen LogP contribution in [0.2, 0.25) is 0 Å². The number of allylic oxidation sites excluding steroid dienone is 4. The fourth-order valence-corrected chi connectivity index (χ4v) is 14.2. The molecule has 2 amide bonds. The normalized spacial score (nSPS) is 26.7. The largest absolute Gasteiger partial charge is 0.477 e. The summed E-state index contributed by atoms with van der Waals surface area (Å²) in [6.07, 6.45) is 34.6. The highest BCUT2D eigenvalue weighted by Gasteiger charge is 2.60. The number of carbonyl (C=O) groups excluding carboxylic acids is 2. The molecule has 102 heavy (non-hydrogen) atoms. The summed E-state index contributed by atoms with van der Waals surface area (Å²) >= 11 is 0. The van der Waals surface area contributed by atoms with E-state index < -0.39 is 148 Å². The minimum atomic E-state index is -3.08. The first-order valence-electron chi connectivity index (χ1n) is 40.7. The summed E-state index contributed by atoms with van der Waals surface area (Å²) in [6.45, 7) is 2.24. The van der Waals surface area contributed by atoms with Crippen LogP contribution < -0.4 is 10.6 Å². The number of aliphatic carboxylic acids is 1.